The van der Waals surface area contributed by atoms with Crippen molar-refractivity contribution in [1.82, 2.24) is 4.90 Å². The van der Waals surface area contributed by atoms with Gasteiger partial charge in [-0.1, -0.05) is 72.6 Å². The molecule has 0 aromatic heterocycles. The lowest BCUT2D eigenvalue weighted by Crippen LogP contribution is -2.70. The summed E-state index contributed by atoms with van der Waals surface area (Å²) in [5.41, 5.74) is 4.14. The zero-order valence-corrected chi connectivity index (χ0v) is 38.1. The number of hydrogen-bond donors (Lipinski definition) is 2. The summed E-state index contributed by atoms with van der Waals surface area (Å²) >= 11 is 1.66. The Morgan fingerprint density at radius 1 is 0.938 bits per heavy atom. The average molecular weight is 909 g/mol. The summed E-state index contributed by atoms with van der Waals surface area (Å²) < 4.78 is 47.2. The summed E-state index contributed by atoms with van der Waals surface area (Å²) in [6, 6.07) is 28.8. The molecule has 1 amide bonds. The van der Waals surface area contributed by atoms with Crippen molar-refractivity contribution in [3.8, 4) is 17.2 Å². The summed E-state index contributed by atoms with van der Waals surface area (Å²) in [6.07, 6.45) is 10.00. The van der Waals surface area contributed by atoms with Gasteiger partial charge in [0.1, 0.15) is 42.8 Å². The van der Waals surface area contributed by atoms with Crippen LogP contribution in [-0.2, 0) is 32.2 Å². The molecule has 1 heterocycles. The number of halogens is 1. The van der Waals surface area contributed by atoms with E-state index in [1.165, 1.54) is 19.2 Å². The van der Waals surface area contributed by atoms with E-state index in [1.807, 2.05) is 73.0 Å². The maximum absolute atomic E-state index is 14.8. The van der Waals surface area contributed by atoms with Gasteiger partial charge in [-0.25, -0.2) is 9.18 Å². The van der Waals surface area contributed by atoms with Gasteiger partial charge in [-0.3, -0.25) is 4.90 Å². The van der Waals surface area contributed by atoms with Crippen LogP contribution >= 0.6 is 11.8 Å². The van der Waals surface area contributed by atoms with Crippen molar-refractivity contribution in [1.29, 1.82) is 0 Å². The second-order valence-electron chi connectivity index (χ2n) is 16.6. The summed E-state index contributed by atoms with van der Waals surface area (Å²) in [5.74, 6) is -0.725. The fourth-order valence-corrected chi connectivity index (χ4v) is 10.1. The summed E-state index contributed by atoms with van der Waals surface area (Å²) in [5, 5.41) is 24.6. The van der Waals surface area contributed by atoms with Crippen LogP contribution in [0.2, 0.25) is 0 Å². The number of thioether (sulfide) groups is 1. The van der Waals surface area contributed by atoms with Gasteiger partial charge < -0.3 is 38.7 Å². The molecule has 2 N–H and O–H groups in total. The molecule has 4 aromatic carbocycles. The number of rotatable bonds is 23. The largest absolute Gasteiger partial charge is 0.459 e. The van der Waals surface area contributed by atoms with Crippen molar-refractivity contribution < 1.29 is 47.9 Å². The molecule has 1 saturated carbocycles. The number of oxime groups is 1. The van der Waals surface area contributed by atoms with Crippen LogP contribution in [0.4, 0.5) is 9.18 Å². The predicted molar refractivity (Wildman–Crippen MR) is 250 cm³/mol. The van der Waals surface area contributed by atoms with Crippen LogP contribution in [0.1, 0.15) is 67.6 Å². The molecule has 7 rings (SSSR count). The van der Waals surface area contributed by atoms with Crippen LogP contribution in [0.5, 0.6) is 17.2 Å². The van der Waals surface area contributed by atoms with Gasteiger partial charge in [0.2, 0.25) is 5.79 Å². The molecule has 2 aliphatic carbocycles. The van der Waals surface area contributed by atoms with Crippen molar-refractivity contribution in [2.45, 2.75) is 80.7 Å². The molecule has 0 radical (unpaired) electrons. The average Bonchev–Trinajstić information content (AvgIpc) is 3.32. The standard InChI is InChI=1S/C52H61FN2O9S/c1-4-28-62-52-48(55(34-36-16-18-39(53)19-17-36)51(58)61-30-29-60-35-37-12-6-5-7-13-37)33-46(54-59-2)44-31-38(14-8-10-26-56)43(15-9-11-27-57)49(50(44)52)45-32-41(22-25-47(45)64-52)63-40-20-23-42(65-3)24-21-40/h4-7,12-13,16-25,31-32,38,43,48-50,56-57H,1,8-11,14-15,26-30,33-35H2,2-3H3/t38-,43+,48-,49+,50+,52+/m0/s1. The molecule has 0 bridgehead atoms. The molecule has 3 aliphatic rings. The van der Waals surface area contributed by atoms with Crippen LogP contribution in [0, 0.1) is 23.6 Å². The highest BCUT2D eigenvalue weighted by Crippen LogP contribution is 2.62. The Balaban J connectivity index is 1.36. The lowest BCUT2D eigenvalue weighted by molar-refractivity contribution is -0.256. The van der Waals surface area contributed by atoms with E-state index < -0.39 is 29.7 Å². The number of allylic oxidation sites excluding steroid dienone is 1. The van der Waals surface area contributed by atoms with E-state index >= 15 is 0 Å². The maximum atomic E-state index is 14.8. The highest BCUT2D eigenvalue weighted by atomic mass is 32.2. The van der Waals surface area contributed by atoms with Crippen molar-refractivity contribution in [2.24, 2.45) is 22.9 Å². The molecule has 4 aromatic rings. The number of ether oxygens (including phenoxy) is 5. The zero-order valence-electron chi connectivity index (χ0n) is 37.3. The predicted octanol–water partition coefficient (Wildman–Crippen LogP) is 10.5. The monoisotopic (exact) mass is 908 g/mol. The molecular formula is C52H61FN2O9S. The summed E-state index contributed by atoms with van der Waals surface area (Å²) in [4.78, 5) is 23.1. The van der Waals surface area contributed by atoms with Gasteiger partial charge in [-0.15, -0.1) is 18.3 Å². The van der Waals surface area contributed by atoms with E-state index in [0.717, 1.165) is 47.3 Å². The molecule has 1 aliphatic heterocycles. The van der Waals surface area contributed by atoms with Crippen molar-refractivity contribution >= 4 is 23.6 Å². The van der Waals surface area contributed by atoms with Crippen molar-refractivity contribution in [2.75, 3.05) is 46.4 Å². The maximum Gasteiger partial charge on any atom is 0.410 e. The number of nitrogens with zero attached hydrogens (tertiary/aromatic N) is 2. The molecule has 346 valence electrons. The Kier molecular flexibility index (Phi) is 17.1. The quantitative estimate of drug-likeness (QED) is 0.0321. The minimum Gasteiger partial charge on any atom is -0.459 e. The minimum atomic E-state index is -1.52. The highest BCUT2D eigenvalue weighted by molar-refractivity contribution is 7.98. The fourth-order valence-electron chi connectivity index (χ4n) is 9.73. The second-order valence-corrected chi connectivity index (χ2v) is 17.5. The van der Waals surface area contributed by atoms with E-state index in [2.05, 4.69) is 23.9 Å². The lowest BCUT2D eigenvalue weighted by Gasteiger charge is -2.59. The van der Waals surface area contributed by atoms with Crippen LogP contribution in [0.3, 0.4) is 0 Å². The molecule has 65 heavy (non-hydrogen) atoms. The number of carbonyl (C=O) groups is 1. The first-order valence-corrected chi connectivity index (χ1v) is 23.8. The number of benzene rings is 4. The Morgan fingerprint density at radius 3 is 2.38 bits per heavy atom. The number of amides is 1. The molecule has 0 saturated heterocycles. The second kappa shape index (κ2) is 23.3. The van der Waals surface area contributed by atoms with Gasteiger partial charge in [0.15, 0.2) is 0 Å². The van der Waals surface area contributed by atoms with Gasteiger partial charge >= 0.3 is 6.09 Å². The summed E-state index contributed by atoms with van der Waals surface area (Å²) in [7, 11) is 1.51. The number of carbonyl (C=O) groups excluding carboxylic acids is 1. The zero-order chi connectivity index (χ0) is 45.6. The molecule has 6 atom stereocenters. The number of aliphatic hydroxyl groups excluding tert-OH is 2. The van der Waals surface area contributed by atoms with Crippen LogP contribution < -0.4 is 9.47 Å². The molecule has 13 heteroatoms. The third-order valence-corrected chi connectivity index (χ3v) is 13.3. The first-order valence-electron chi connectivity index (χ1n) is 22.5. The molecule has 0 unspecified atom stereocenters. The minimum absolute atomic E-state index is 0.0151. The number of hydrogen-bond acceptors (Lipinski definition) is 11. The topological polar surface area (TPSA) is 129 Å². The fraction of sp³-hybridized carbons (Fsp3) is 0.423. The SMILES string of the molecule is C=CCO[C@@]12Oc3ccc(Oc4ccc(SC)cc4)cc3[C@H]3[C@H](CCCCO)[C@@H](CCCCO)C=C(C(=NOC)C[C@@H]1N(Cc1ccc(F)cc1)C(=O)OCCOCc1ccccc1)[C@H]32. The Morgan fingerprint density at radius 2 is 1.68 bits per heavy atom. The Hall–Kier alpha value is -5.18. The van der Waals surface area contributed by atoms with E-state index in [0.29, 0.717) is 48.0 Å². The van der Waals surface area contributed by atoms with Gasteiger partial charge in [0, 0.05) is 42.6 Å². The van der Waals surface area contributed by atoms with E-state index in [1.54, 1.807) is 34.9 Å². The van der Waals surface area contributed by atoms with E-state index in [9.17, 15) is 19.4 Å². The number of unbranched alkanes of at least 4 members (excludes halogenated alkanes) is 2. The van der Waals surface area contributed by atoms with Crippen LogP contribution in [0.25, 0.3) is 0 Å². The van der Waals surface area contributed by atoms with E-state index in [4.69, 9.17) is 28.5 Å². The normalized spacial score (nSPS) is 22.5. The third-order valence-electron chi connectivity index (χ3n) is 12.6. The van der Waals surface area contributed by atoms with Gasteiger partial charge in [0.05, 0.1) is 31.5 Å². The number of fused-ring (bicyclic) bond motifs is 2. The first kappa shape index (κ1) is 47.8. The van der Waals surface area contributed by atoms with Crippen molar-refractivity contribution in [3.05, 3.63) is 144 Å². The lowest BCUT2D eigenvalue weighted by atomic mass is 9.55. The van der Waals surface area contributed by atoms with Crippen LogP contribution in [0.15, 0.2) is 131 Å². The molecule has 0 spiro atoms. The van der Waals surface area contributed by atoms with E-state index in [-0.39, 0.29) is 63.8 Å². The molecule has 1 fully saturated rings. The molecule has 11 nitrogen and oxygen atoms in total. The summed E-state index contributed by atoms with van der Waals surface area (Å²) in [6.45, 7) is 4.81. The Bertz CT molecular complexity index is 2220. The van der Waals surface area contributed by atoms with Crippen LogP contribution in [-0.4, -0.2) is 85.1 Å². The highest BCUT2D eigenvalue weighted by Gasteiger charge is 2.65. The van der Waals surface area contributed by atoms with Gasteiger partial charge in [0.25, 0.3) is 0 Å². The first-order chi connectivity index (χ1) is 31.8. The molecular weight excluding hydrogens is 848 g/mol. The smallest absolute Gasteiger partial charge is 0.410 e. The van der Waals surface area contributed by atoms with Crippen molar-refractivity contribution in [3.63, 3.8) is 0 Å². The van der Waals surface area contributed by atoms with Gasteiger partial charge in [-0.2, -0.15) is 0 Å². The Labute approximate surface area is 386 Å². The van der Waals surface area contributed by atoms with Gasteiger partial charge in [-0.05, 0) is 115 Å². The number of aliphatic hydroxyl groups is 2. The third kappa shape index (κ3) is 11.4.